The molecule has 1 aliphatic rings. The van der Waals surface area contributed by atoms with Gasteiger partial charge in [-0.25, -0.2) is 0 Å². The lowest BCUT2D eigenvalue weighted by Gasteiger charge is -2.29. The molecule has 1 N–H and O–H groups in total. The SMILES string of the molecule is COc1ccc(NC2c3ccccc3CC2(C)C)cc1Cl. The molecule has 0 amide bonds. The number of hydrogen-bond acceptors (Lipinski definition) is 2. The zero-order valence-electron chi connectivity index (χ0n) is 12.6. The lowest BCUT2D eigenvalue weighted by Crippen LogP contribution is -2.24. The van der Waals surface area contributed by atoms with E-state index in [4.69, 9.17) is 16.3 Å². The van der Waals surface area contributed by atoms with Gasteiger partial charge in [0.25, 0.3) is 0 Å². The van der Waals surface area contributed by atoms with Crippen LogP contribution in [0.5, 0.6) is 5.75 Å². The van der Waals surface area contributed by atoms with E-state index in [2.05, 4.69) is 43.4 Å². The van der Waals surface area contributed by atoms with Gasteiger partial charge in [0.1, 0.15) is 5.75 Å². The van der Waals surface area contributed by atoms with Crippen molar-refractivity contribution in [2.45, 2.75) is 26.3 Å². The number of fused-ring (bicyclic) bond motifs is 1. The molecule has 0 bridgehead atoms. The van der Waals surface area contributed by atoms with Crippen LogP contribution in [0.15, 0.2) is 42.5 Å². The number of nitrogens with one attached hydrogen (secondary N) is 1. The van der Waals surface area contributed by atoms with Crippen molar-refractivity contribution in [1.29, 1.82) is 0 Å². The predicted molar refractivity (Wildman–Crippen MR) is 88.3 cm³/mol. The average molecular weight is 302 g/mol. The summed E-state index contributed by atoms with van der Waals surface area (Å²) in [6, 6.07) is 14.8. The molecular weight excluding hydrogens is 282 g/mol. The highest BCUT2D eigenvalue weighted by molar-refractivity contribution is 6.32. The van der Waals surface area contributed by atoms with E-state index < -0.39 is 0 Å². The van der Waals surface area contributed by atoms with E-state index in [1.54, 1.807) is 7.11 Å². The van der Waals surface area contributed by atoms with E-state index in [-0.39, 0.29) is 11.5 Å². The Morgan fingerprint density at radius 3 is 2.67 bits per heavy atom. The van der Waals surface area contributed by atoms with Crippen molar-refractivity contribution in [2.24, 2.45) is 5.41 Å². The summed E-state index contributed by atoms with van der Waals surface area (Å²) in [7, 11) is 1.63. The molecule has 3 rings (SSSR count). The van der Waals surface area contributed by atoms with E-state index in [0.29, 0.717) is 10.8 Å². The summed E-state index contributed by atoms with van der Waals surface area (Å²) >= 11 is 6.22. The van der Waals surface area contributed by atoms with Gasteiger partial charge in [-0.1, -0.05) is 49.7 Å². The van der Waals surface area contributed by atoms with Crippen molar-refractivity contribution >= 4 is 17.3 Å². The van der Waals surface area contributed by atoms with E-state index in [0.717, 1.165) is 12.1 Å². The molecular formula is C18H20ClNO. The number of halogens is 1. The van der Waals surface area contributed by atoms with E-state index in [9.17, 15) is 0 Å². The van der Waals surface area contributed by atoms with Crippen LogP contribution in [0.2, 0.25) is 5.02 Å². The number of anilines is 1. The quantitative estimate of drug-likeness (QED) is 0.853. The molecule has 1 atom stereocenters. The first-order chi connectivity index (χ1) is 10.0. The first kappa shape index (κ1) is 14.3. The van der Waals surface area contributed by atoms with Crippen LogP contribution in [0, 0.1) is 5.41 Å². The maximum Gasteiger partial charge on any atom is 0.137 e. The third-order valence-electron chi connectivity index (χ3n) is 4.26. The molecule has 1 unspecified atom stereocenters. The minimum atomic E-state index is 0.177. The minimum Gasteiger partial charge on any atom is -0.495 e. The number of rotatable bonds is 3. The van der Waals surface area contributed by atoms with Crippen molar-refractivity contribution < 1.29 is 4.74 Å². The van der Waals surface area contributed by atoms with E-state index >= 15 is 0 Å². The largest absolute Gasteiger partial charge is 0.495 e. The number of hydrogen-bond donors (Lipinski definition) is 1. The summed E-state index contributed by atoms with van der Waals surface area (Å²) < 4.78 is 5.21. The Morgan fingerprint density at radius 2 is 1.95 bits per heavy atom. The maximum atomic E-state index is 6.22. The summed E-state index contributed by atoms with van der Waals surface area (Å²) in [5.74, 6) is 0.702. The van der Waals surface area contributed by atoms with Crippen LogP contribution in [0.25, 0.3) is 0 Å². The van der Waals surface area contributed by atoms with Gasteiger partial charge in [0.15, 0.2) is 0 Å². The van der Waals surface area contributed by atoms with Gasteiger partial charge < -0.3 is 10.1 Å². The Morgan fingerprint density at radius 1 is 1.19 bits per heavy atom. The van der Waals surface area contributed by atoms with Crippen LogP contribution in [0.4, 0.5) is 5.69 Å². The summed E-state index contributed by atoms with van der Waals surface area (Å²) in [5.41, 5.74) is 4.01. The van der Waals surface area contributed by atoms with Crippen LogP contribution >= 0.6 is 11.6 Å². The Labute approximate surface area is 131 Å². The van der Waals surface area contributed by atoms with Crippen molar-refractivity contribution in [3.05, 3.63) is 58.6 Å². The number of ether oxygens (including phenoxy) is 1. The normalized spacial score (nSPS) is 19.1. The van der Waals surface area contributed by atoms with Crippen LogP contribution in [-0.4, -0.2) is 7.11 Å². The summed E-state index contributed by atoms with van der Waals surface area (Å²) in [6.07, 6.45) is 1.09. The van der Waals surface area contributed by atoms with Gasteiger partial charge in [-0.3, -0.25) is 0 Å². The van der Waals surface area contributed by atoms with Gasteiger partial charge in [-0.2, -0.15) is 0 Å². The van der Waals surface area contributed by atoms with Crippen molar-refractivity contribution in [3.63, 3.8) is 0 Å². The monoisotopic (exact) mass is 301 g/mol. The average Bonchev–Trinajstić information content (AvgIpc) is 2.70. The molecule has 110 valence electrons. The molecule has 0 saturated heterocycles. The molecule has 21 heavy (non-hydrogen) atoms. The second kappa shape index (κ2) is 5.27. The zero-order valence-corrected chi connectivity index (χ0v) is 13.4. The van der Waals surface area contributed by atoms with Crippen molar-refractivity contribution in [1.82, 2.24) is 0 Å². The molecule has 1 aliphatic carbocycles. The molecule has 0 radical (unpaired) electrons. The van der Waals surface area contributed by atoms with Gasteiger partial charge in [0, 0.05) is 5.69 Å². The van der Waals surface area contributed by atoms with Gasteiger partial charge >= 0.3 is 0 Å². The second-order valence-corrected chi connectivity index (χ2v) is 6.70. The van der Waals surface area contributed by atoms with Gasteiger partial charge in [0.2, 0.25) is 0 Å². The van der Waals surface area contributed by atoms with Crippen LogP contribution in [0.3, 0.4) is 0 Å². The smallest absolute Gasteiger partial charge is 0.137 e. The fourth-order valence-corrected chi connectivity index (χ4v) is 3.44. The molecule has 0 heterocycles. The summed E-state index contributed by atoms with van der Waals surface area (Å²) in [6.45, 7) is 4.60. The Balaban J connectivity index is 1.92. The zero-order chi connectivity index (χ0) is 15.0. The molecule has 2 nitrogen and oxygen atoms in total. The fourth-order valence-electron chi connectivity index (χ4n) is 3.19. The Kier molecular flexibility index (Phi) is 3.58. The molecule has 0 spiro atoms. The van der Waals surface area contributed by atoms with E-state index in [1.807, 2.05) is 18.2 Å². The highest BCUT2D eigenvalue weighted by atomic mass is 35.5. The Hall–Kier alpha value is -1.67. The van der Waals surface area contributed by atoms with Crippen molar-refractivity contribution in [3.8, 4) is 5.75 Å². The van der Waals surface area contributed by atoms with Gasteiger partial charge in [-0.15, -0.1) is 0 Å². The predicted octanol–water partition coefficient (Wildman–Crippen LogP) is 5.08. The molecule has 0 aromatic heterocycles. The first-order valence-corrected chi connectivity index (χ1v) is 7.57. The summed E-state index contributed by atoms with van der Waals surface area (Å²) in [4.78, 5) is 0. The summed E-state index contributed by atoms with van der Waals surface area (Å²) in [5, 5.41) is 4.27. The standard InChI is InChI=1S/C18H20ClNO/c1-18(2)11-12-6-4-5-7-14(12)17(18)20-13-8-9-16(21-3)15(19)10-13/h4-10,17,20H,11H2,1-3H3. The van der Waals surface area contributed by atoms with E-state index in [1.165, 1.54) is 11.1 Å². The van der Waals surface area contributed by atoms with Crippen LogP contribution in [-0.2, 0) is 6.42 Å². The maximum absolute atomic E-state index is 6.22. The Bertz CT molecular complexity index is 666. The molecule has 0 aliphatic heterocycles. The minimum absolute atomic E-state index is 0.177. The molecule has 2 aromatic carbocycles. The third kappa shape index (κ3) is 2.60. The lowest BCUT2D eigenvalue weighted by atomic mass is 9.85. The second-order valence-electron chi connectivity index (χ2n) is 6.29. The first-order valence-electron chi connectivity index (χ1n) is 7.19. The van der Waals surface area contributed by atoms with Crippen LogP contribution in [0.1, 0.15) is 31.0 Å². The number of methoxy groups -OCH3 is 1. The van der Waals surface area contributed by atoms with Crippen LogP contribution < -0.4 is 10.1 Å². The van der Waals surface area contributed by atoms with Gasteiger partial charge in [0.05, 0.1) is 18.2 Å². The molecule has 0 saturated carbocycles. The third-order valence-corrected chi connectivity index (χ3v) is 4.55. The molecule has 0 fully saturated rings. The highest BCUT2D eigenvalue weighted by Gasteiger charge is 2.38. The molecule has 2 aromatic rings. The topological polar surface area (TPSA) is 21.3 Å². The van der Waals surface area contributed by atoms with Gasteiger partial charge in [-0.05, 0) is 41.2 Å². The number of benzene rings is 2. The van der Waals surface area contributed by atoms with Crippen molar-refractivity contribution in [2.75, 3.05) is 12.4 Å². The fraction of sp³-hybridized carbons (Fsp3) is 0.333. The molecule has 3 heteroatoms. The lowest BCUT2D eigenvalue weighted by molar-refractivity contribution is 0.337. The highest BCUT2D eigenvalue weighted by Crippen LogP contribution is 2.47.